The van der Waals surface area contributed by atoms with Gasteiger partial charge in [-0.05, 0) is 48.5 Å². The van der Waals surface area contributed by atoms with Gasteiger partial charge in [0.2, 0.25) is 24.5 Å². The maximum atomic E-state index is 12.4. The first kappa shape index (κ1) is 17.5. The molecule has 3 aromatic rings. The highest BCUT2D eigenvalue weighted by Gasteiger charge is 2.35. The zero-order valence-electron chi connectivity index (χ0n) is 14.1. The van der Waals surface area contributed by atoms with Crippen molar-refractivity contribution < 1.29 is 18.4 Å². The van der Waals surface area contributed by atoms with Crippen LogP contribution in [0.25, 0.3) is 11.4 Å². The third-order valence-corrected chi connectivity index (χ3v) is 4.64. The second kappa shape index (κ2) is 7.36. The summed E-state index contributed by atoms with van der Waals surface area (Å²) in [7, 11) is 0. The van der Waals surface area contributed by atoms with Crippen LogP contribution in [0, 0.1) is 0 Å². The van der Waals surface area contributed by atoms with Crippen LogP contribution in [0.1, 0.15) is 18.2 Å². The molecule has 1 unspecified atom stereocenters. The zero-order chi connectivity index (χ0) is 18.8. The van der Waals surface area contributed by atoms with E-state index < -0.39 is 6.86 Å². The molecule has 27 heavy (non-hydrogen) atoms. The molecule has 1 aliphatic heterocycles. The number of benzene rings is 2. The molecular weight excluding hydrogens is 373 g/mol. The largest absolute Gasteiger partial charge is 0.463 e. The van der Waals surface area contributed by atoms with Crippen molar-refractivity contribution in [2.24, 2.45) is 0 Å². The third kappa shape index (κ3) is 3.64. The van der Waals surface area contributed by atoms with Crippen LogP contribution < -0.4 is 9.64 Å². The Morgan fingerprint density at radius 2 is 1.93 bits per heavy atom. The molecule has 0 bridgehead atoms. The summed E-state index contributed by atoms with van der Waals surface area (Å²) in [5.74, 6) is 1.07. The first-order valence-corrected chi connectivity index (χ1v) is 8.70. The Hall–Kier alpha value is -2.93. The molecule has 8 heteroatoms. The van der Waals surface area contributed by atoms with Crippen molar-refractivity contribution in [3.05, 3.63) is 59.4 Å². The second-order valence-corrected chi connectivity index (χ2v) is 6.55. The number of nitrogens with zero attached hydrogens (tertiary/aromatic N) is 3. The number of ether oxygens (including phenoxy) is 1. The second-order valence-electron chi connectivity index (χ2n) is 6.12. The monoisotopic (exact) mass is 387 g/mol. The Balaban J connectivity index is 1.50. The van der Waals surface area contributed by atoms with Gasteiger partial charge in [0.25, 0.3) is 0 Å². The first-order valence-electron chi connectivity index (χ1n) is 8.33. The lowest BCUT2D eigenvalue weighted by atomic mass is 10.1. The highest BCUT2D eigenvalue weighted by atomic mass is 35.5. The Bertz CT molecular complexity index is 944. The summed E-state index contributed by atoms with van der Waals surface area (Å²) < 4.78 is 22.3. The number of hydrogen-bond acceptors (Lipinski definition) is 5. The van der Waals surface area contributed by atoms with Gasteiger partial charge in [-0.1, -0.05) is 16.8 Å². The van der Waals surface area contributed by atoms with Crippen molar-refractivity contribution in [1.29, 1.82) is 0 Å². The minimum atomic E-state index is -0.883. The van der Waals surface area contributed by atoms with Crippen molar-refractivity contribution in [3.8, 4) is 17.1 Å². The maximum Gasteiger partial charge on any atom is 0.232 e. The number of amides is 1. The summed E-state index contributed by atoms with van der Waals surface area (Å²) in [5, 5.41) is 4.61. The fraction of sp³-hybridized carbons (Fsp3) is 0.211. The summed E-state index contributed by atoms with van der Waals surface area (Å²) in [5.41, 5.74) is 1.50. The minimum absolute atomic E-state index is 0.00482. The number of halogens is 2. The molecule has 0 spiro atoms. The first-order chi connectivity index (χ1) is 13.1. The highest BCUT2D eigenvalue weighted by molar-refractivity contribution is 6.30. The number of rotatable bonds is 5. The quantitative estimate of drug-likeness (QED) is 0.655. The van der Waals surface area contributed by atoms with E-state index in [1.165, 1.54) is 0 Å². The van der Waals surface area contributed by atoms with Crippen LogP contribution in [0.2, 0.25) is 5.02 Å². The van der Waals surface area contributed by atoms with E-state index >= 15 is 0 Å². The van der Waals surface area contributed by atoms with Crippen LogP contribution in [0.15, 0.2) is 53.1 Å². The van der Waals surface area contributed by atoms with E-state index in [1.807, 2.05) is 12.1 Å². The molecule has 0 aliphatic carbocycles. The molecule has 138 valence electrons. The smallest absolute Gasteiger partial charge is 0.232 e. The van der Waals surface area contributed by atoms with Gasteiger partial charge in [-0.15, -0.1) is 0 Å². The fourth-order valence-corrected chi connectivity index (χ4v) is 3.15. The van der Waals surface area contributed by atoms with Crippen molar-refractivity contribution in [2.45, 2.75) is 12.3 Å². The molecular formula is C19H15ClFN3O3. The number of alkyl halides is 1. The van der Waals surface area contributed by atoms with Gasteiger partial charge in [-0.2, -0.15) is 4.98 Å². The van der Waals surface area contributed by atoms with Crippen molar-refractivity contribution in [1.82, 2.24) is 10.1 Å². The van der Waals surface area contributed by atoms with Gasteiger partial charge >= 0.3 is 0 Å². The van der Waals surface area contributed by atoms with Crippen molar-refractivity contribution in [2.75, 3.05) is 18.3 Å². The van der Waals surface area contributed by atoms with Crippen LogP contribution in [0.4, 0.5) is 10.1 Å². The SMILES string of the molecule is O=C1CC(c2nc(-c3ccc(OCF)cc3)no2)CN1c1ccc(Cl)cc1. The number of hydrogen-bond donors (Lipinski definition) is 0. The van der Waals surface area contributed by atoms with Crippen LogP contribution in [-0.2, 0) is 4.79 Å². The minimum Gasteiger partial charge on any atom is -0.463 e. The molecule has 0 radical (unpaired) electrons. The maximum absolute atomic E-state index is 12.4. The molecule has 0 saturated carbocycles. The molecule has 2 heterocycles. The summed E-state index contributed by atoms with van der Waals surface area (Å²) in [4.78, 5) is 18.5. The van der Waals surface area contributed by atoms with E-state index in [-0.39, 0.29) is 11.8 Å². The molecule has 1 saturated heterocycles. The van der Waals surface area contributed by atoms with Gasteiger partial charge in [0.05, 0.1) is 5.92 Å². The molecule has 4 rings (SSSR count). The number of aromatic nitrogens is 2. The lowest BCUT2D eigenvalue weighted by Gasteiger charge is -2.15. The predicted molar refractivity (Wildman–Crippen MR) is 97.5 cm³/mol. The van der Waals surface area contributed by atoms with Crippen LogP contribution in [0.3, 0.4) is 0 Å². The molecule has 1 aromatic heterocycles. The van der Waals surface area contributed by atoms with E-state index in [1.54, 1.807) is 41.3 Å². The van der Waals surface area contributed by atoms with Gasteiger partial charge in [0.1, 0.15) is 5.75 Å². The Kier molecular flexibility index (Phi) is 4.77. The lowest BCUT2D eigenvalue weighted by Crippen LogP contribution is -2.24. The van der Waals surface area contributed by atoms with E-state index in [4.69, 9.17) is 20.9 Å². The summed E-state index contributed by atoms with van der Waals surface area (Å²) in [6.45, 7) is -0.420. The molecule has 1 atom stereocenters. The molecule has 1 fully saturated rings. The van der Waals surface area contributed by atoms with Crippen LogP contribution >= 0.6 is 11.6 Å². The zero-order valence-corrected chi connectivity index (χ0v) is 14.9. The van der Waals surface area contributed by atoms with E-state index in [0.717, 1.165) is 11.3 Å². The molecule has 1 aliphatic rings. The Morgan fingerprint density at radius 1 is 1.19 bits per heavy atom. The van der Waals surface area contributed by atoms with E-state index in [2.05, 4.69) is 10.1 Å². The number of carbonyl (C=O) groups is 1. The molecule has 0 N–H and O–H groups in total. The predicted octanol–water partition coefficient (Wildman–Crippen LogP) is 4.22. The molecule has 2 aromatic carbocycles. The van der Waals surface area contributed by atoms with Gasteiger partial charge in [0, 0.05) is 29.2 Å². The standard InChI is InChI=1S/C19H15ClFN3O3/c20-14-3-5-15(6-4-14)24-10-13(9-17(24)25)19-22-18(23-27-19)12-1-7-16(8-2-12)26-11-21/h1-8,13H,9-11H2. The number of anilines is 1. The highest BCUT2D eigenvalue weighted by Crippen LogP contribution is 2.32. The van der Waals surface area contributed by atoms with Gasteiger partial charge in [-0.25, -0.2) is 4.39 Å². The average molecular weight is 388 g/mol. The molecule has 6 nitrogen and oxygen atoms in total. The van der Waals surface area contributed by atoms with E-state index in [0.29, 0.717) is 35.5 Å². The summed E-state index contributed by atoms with van der Waals surface area (Å²) >= 11 is 5.90. The summed E-state index contributed by atoms with van der Waals surface area (Å²) in [6.07, 6.45) is 0.299. The van der Waals surface area contributed by atoms with Crippen LogP contribution in [-0.4, -0.2) is 29.5 Å². The van der Waals surface area contributed by atoms with Gasteiger partial charge < -0.3 is 14.2 Å². The summed E-state index contributed by atoms with van der Waals surface area (Å²) in [6, 6.07) is 13.8. The molecule has 1 amide bonds. The van der Waals surface area contributed by atoms with E-state index in [9.17, 15) is 9.18 Å². The average Bonchev–Trinajstić information content (AvgIpc) is 3.30. The fourth-order valence-electron chi connectivity index (χ4n) is 3.03. The van der Waals surface area contributed by atoms with Crippen LogP contribution in [0.5, 0.6) is 5.75 Å². The topological polar surface area (TPSA) is 68.5 Å². The van der Waals surface area contributed by atoms with Gasteiger partial charge in [-0.3, -0.25) is 4.79 Å². The Labute approximate surface area is 159 Å². The van der Waals surface area contributed by atoms with Crippen molar-refractivity contribution >= 4 is 23.2 Å². The normalized spacial score (nSPS) is 16.7. The van der Waals surface area contributed by atoms with Gasteiger partial charge in [0.15, 0.2) is 0 Å². The lowest BCUT2D eigenvalue weighted by molar-refractivity contribution is -0.117. The van der Waals surface area contributed by atoms with Crippen molar-refractivity contribution in [3.63, 3.8) is 0 Å². The number of carbonyl (C=O) groups excluding carboxylic acids is 1. The Morgan fingerprint density at radius 3 is 2.63 bits per heavy atom. The third-order valence-electron chi connectivity index (χ3n) is 4.39.